The van der Waals surface area contributed by atoms with Gasteiger partial charge in [-0.2, -0.15) is 0 Å². The highest BCUT2D eigenvalue weighted by molar-refractivity contribution is 5.89. The first-order valence-corrected chi connectivity index (χ1v) is 9.53. The van der Waals surface area contributed by atoms with Crippen LogP contribution >= 0.6 is 0 Å². The number of nitrogens with two attached hydrogens (primary N) is 1. The zero-order valence-electron chi connectivity index (χ0n) is 15.9. The molecule has 0 saturated heterocycles. The van der Waals surface area contributed by atoms with Gasteiger partial charge in [0.15, 0.2) is 6.04 Å². The Labute approximate surface area is 159 Å². The molecular weight excluding hydrogens is 342 g/mol. The minimum atomic E-state index is -0.543. The van der Waals surface area contributed by atoms with Crippen molar-refractivity contribution in [3.05, 3.63) is 59.5 Å². The summed E-state index contributed by atoms with van der Waals surface area (Å²) >= 11 is 0. The predicted octanol–water partition coefficient (Wildman–Crippen LogP) is 1.12. The Bertz CT molecular complexity index is 771. The quantitative estimate of drug-likeness (QED) is 0.682. The summed E-state index contributed by atoms with van der Waals surface area (Å²) in [6.07, 6.45) is 2.86. The van der Waals surface area contributed by atoms with E-state index in [-0.39, 0.29) is 17.9 Å². The zero-order valence-corrected chi connectivity index (χ0v) is 15.9. The molecule has 144 valence electrons. The molecule has 6 nitrogen and oxygen atoms in total. The molecule has 6 heteroatoms. The zero-order chi connectivity index (χ0) is 19.2. The molecule has 0 bridgehead atoms. The van der Waals surface area contributed by atoms with Crippen LogP contribution in [-0.2, 0) is 29.1 Å². The number of hydrogen-bond donors (Lipinski definition) is 3. The van der Waals surface area contributed by atoms with Crippen LogP contribution in [0.4, 0.5) is 0 Å². The number of furan rings is 1. The van der Waals surface area contributed by atoms with Gasteiger partial charge in [0.25, 0.3) is 5.91 Å². The third-order valence-electron chi connectivity index (χ3n) is 4.87. The minimum absolute atomic E-state index is 0.0803. The van der Waals surface area contributed by atoms with Crippen LogP contribution in [-0.4, -0.2) is 23.9 Å². The van der Waals surface area contributed by atoms with Crippen molar-refractivity contribution in [2.24, 2.45) is 5.92 Å². The molecule has 1 aromatic carbocycles. The van der Waals surface area contributed by atoms with Gasteiger partial charge in [0.2, 0.25) is 5.91 Å². The van der Waals surface area contributed by atoms with E-state index in [4.69, 9.17) is 4.42 Å². The Kier molecular flexibility index (Phi) is 6.29. The van der Waals surface area contributed by atoms with Crippen molar-refractivity contribution < 1.29 is 19.3 Å². The smallest absolute Gasteiger partial charge is 0.279 e. The summed E-state index contributed by atoms with van der Waals surface area (Å²) in [5.41, 5.74) is 2.49. The third-order valence-corrected chi connectivity index (χ3v) is 4.87. The van der Waals surface area contributed by atoms with E-state index >= 15 is 0 Å². The summed E-state index contributed by atoms with van der Waals surface area (Å²) in [7, 11) is 0. The molecule has 0 aliphatic carbocycles. The molecule has 1 aliphatic rings. The molecule has 2 aromatic rings. The standard InChI is InChI=1S/C21H27N3O3/c1-14(2)10-19(20(25)23-13-17-8-5-9-27-17)24-21(26)18-11-15-6-3-4-7-16(15)12-22-18/h3-9,14,18-19,22H,10-13H2,1-2H3,(H,23,25)(H,24,26)/p+1/t18-,19+/m0/s1. The van der Waals surface area contributed by atoms with E-state index in [9.17, 15) is 9.59 Å². The number of fused-ring (bicyclic) bond motifs is 1. The first-order chi connectivity index (χ1) is 13.0. The first-order valence-electron chi connectivity index (χ1n) is 9.53. The summed E-state index contributed by atoms with van der Waals surface area (Å²) in [5.74, 6) is 0.726. The Hall–Kier alpha value is -2.60. The maximum atomic E-state index is 12.8. The van der Waals surface area contributed by atoms with Gasteiger partial charge < -0.3 is 20.4 Å². The number of hydrogen-bond acceptors (Lipinski definition) is 3. The summed E-state index contributed by atoms with van der Waals surface area (Å²) in [6, 6.07) is 11.0. The molecule has 3 rings (SSSR count). The van der Waals surface area contributed by atoms with Crippen LogP contribution in [0.3, 0.4) is 0 Å². The molecule has 1 aromatic heterocycles. The normalized spacial score (nSPS) is 17.2. The molecule has 0 fully saturated rings. The maximum absolute atomic E-state index is 12.8. The molecule has 4 N–H and O–H groups in total. The van der Waals surface area contributed by atoms with Crippen LogP contribution in [0.2, 0.25) is 0 Å². The van der Waals surface area contributed by atoms with E-state index in [1.165, 1.54) is 11.1 Å². The lowest BCUT2D eigenvalue weighted by atomic mass is 9.95. The van der Waals surface area contributed by atoms with Gasteiger partial charge in [0, 0.05) is 12.0 Å². The topological polar surface area (TPSA) is 88.0 Å². The molecular formula is C21H28N3O3+. The lowest BCUT2D eigenvalue weighted by Gasteiger charge is -2.25. The van der Waals surface area contributed by atoms with E-state index in [0.29, 0.717) is 31.1 Å². The van der Waals surface area contributed by atoms with Gasteiger partial charge in [-0.15, -0.1) is 0 Å². The Morgan fingerprint density at radius 3 is 2.67 bits per heavy atom. The summed E-state index contributed by atoms with van der Waals surface area (Å²) in [6.45, 7) is 5.19. The predicted molar refractivity (Wildman–Crippen MR) is 102 cm³/mol. The van der Waals surface area contributed by atoms with Gasteiger partial charge in [-0.1, -0.05) is 38.1 Å². The number of benzene rings is 1. The van der Waals surface area contributed by atoms with Gasteiger partial charge >= 0.3 is 0 Å². The third kappa shape index (κ3) is 5.20. The second kappa shape index (κ2) is 8.86. The van der Waals surface area contributed by atoms with E-state index in [2.05, 4.69) is 22.8 Å². The molecule has 0 radical (unpaired) electrons. The van der Waals surface area contributed by atoms with Gasteiger partial charge in [-0.3, -0.25) is 9.59 Å². The molecule has 0 spiro atoms. The fraction of sp³-hybridized carbons (Fsp3) is 0.429. The first kappa shape index (κ1) is 19.2. The molecule has 2 atom stereocenters. The maximum Gasteiger partial charge on any atom is 0.279 e. The van der Waals surface area contributed by atoms with Gasteiger partial charge in [-0.05, 0) is 30.0 Å². The van der Waals surface area contributed by atoms with E-state index < -0.39 is 6.04 Å². The number of amides is 2. The van der Waals surface area contributed by atoms with Crippen molar-refractivity contribution in [3.63, 3.8) is 0 Å². The second-order valence-electron chi connectivity index (χ2n) is 7.51. The second-order valence-corrected chi connectivity index (χ2v) is 7.51. The average Bonchev–Trinajstić information content (AvgIpc) is 3.18. The molecule has 1 aliphatic heterocycles. The Balaban J connectivity index is 1.60. The Morgan fingerprint density at radius 2 is 1.96 bits per heavy atom. The fourth-order valence-corrected chi connectivity index (χ4v) is 3.44. The highest BCUT2D eigenvalue weighted by Crippen LogP contribution is 2.13. The van der Waals surface area contributed by atoms with Crippen LogP contribution in [0.1, 0.15) is 37.2 Å². The van der Waals surface area contributed by atoms with E-state index in [0.717, 1.165) is 6.54 Å². The highest BCUT2D eigenvalue weighted by Gasteiger charge is 2.31. The lowest BCUT2D eigenvalue weighted by Crippen LogP contribution is -2.93. The van der Waals surface area contributed by atoms with Crippen LogP contribution in [0.5, 0.6) is 0 Å². The molecule has 0 unspecified atom stereocenters. The lowest BCUT2D eigenvalue weighted by molar-refractivity contribution is -0.695. The van der Waals surface area contributed by atoms with Crippen LogP contribution in [0.25, 0.3) is 0 Å². The van der Waals surface area contributed by atoms with Crippen LogP contribution in [0.15, 0.2) is 47.1 Å². The summed E-state index contributed by atoms with van der Waals surface area (Å²) in [5, 5.41) is 7.87. The largest absolute Gasteiger partial charge is 0.467 e. The Morgan fingerprint density at radius 1 is 1.19 bits per heavy atom. The van der Waals surface area contributed by atoms with E-state index in [1.54, 1.807) is 12.3 Å². The van der Waals surface area contributed by atoms with E-state index in [1.807, 2.05) is 37.4 Å². The van der Waals surface area contributed by atoms with Crippen LogP contribution < -0.4 is 16.0 Å². The van der Waals surface area contributed by atoms with Crippen molar-refractivity contribution >= 4 is 11.8 Å². The average molecular weight is 370 g/mol. The highest BCUT2D eigenvalue weighted by atomic mass is 16.3. The number of carbonyl (C=O) groups is 2. The fourth-order valence-electron chi connectivity index (χ4n) is 3.44. The molecule has 2 heterocycles. The summed E-state index contributed by atoms with van der Waals surface area (Å²) < 4.78 is 5.25. The van der Waals surface area contributed by atoms with Crippen molar-refractivity contribution in [3.8, 4) is 0 Å². The number of rotatable bonds is 7. The van der Waals surface area contributed by atoms with Crippen molar-refractivity contribution in [1.82, 2.24) is 10.6 Å². The molecule has 27 heavy (non-hydrogen) atoms. The van der Waals surface area contributed by atoms with Gasteiger partial charge in [0.05, 0.1) is 12.8 Å². The molecule has 0 saturated carbocycles. The van der Waals surface area contributed by atoms with Crippen molar-refractivity contribution in [2.45, 2.75) is 51.9 Å². The minimum Gasteiger partial charge on any atom is -0.467 e. The van der Waals surface area contributed by atoms with Gasteiger partial charge in [0.1, 0.15) is 18.3 Å². The number of nitrogens with one attached hydrogen (secondary N) is 2. The summed E-state index contributed by atoms with van der Waals surface area (Å²) in [4.78, 5) is 25.4. The van der Waals surface area contributed by atoms with Crippen molar-refractivity contribution in [1.29, 1.82) is 0 Å². The van der Waals surface area contributed by atoms with Crippen LogP contribution in [0, 0.1) is 5.92 Å². The number of quaternary nitrogens is 1. The molecule has 2 amide bonds. The number of carbonyl (C=O) groups excluding carboxylic acids is 2. The monoisotopic (exact) mass is 370 g/mol. The SMILES string of the molecule is CC(C)C[C@@H](NC(=O)[C@@H]1Cc2ccccc2C[NH2+]1)C(=O)NCc1ccco1. The van der Waals surface area contributed by atoms with Crippen molar-refractivity contribution in [2.75, 3.05) is 0 Å². The van der Waals surface area contributed by atoms with Gasteiger partial charge in [-0.25, -0.2) is 0 Å².